The quantitative estimate of drug-likeness (QED) is 0.578. The Morgan fingerprint density at radius 1 is 1.67 bits per heavy atom. The fraction of sp³-hybridized carbons (Fsp3) is 0.571. The van der Waals surface area contributed by atoms with Crippen LogP contribution < -0.4 is 0 Å². The van der Waals surface area contributed by atoms with Gasteiger partial charge >= 0.3 is 0 Å². The molecule has 0 rings (SSSR count). The third-order valence-corrected chi connectivity index (χ3v) is 1.20. The Hall–Kier alpha value is -0.340. The van der Waals surface area contributed by atoms with Crippen molar-refractivity contribution in [3.63, 3.8) is 0 Å². The fourth-order valence-electron chi connectivity index (χ4n) is 0.437. The van der Waals surface area contributed by atoms with Gasteiger partial charge in [0.15, 0.2) is 0 Å². The lowest BCUT2D eigenvalue weighted by molar-refractivity contribution is 0.111. The molecule has 9 heavy (non-hydrogen) atoms. The van der Waals surface area contributed by atoms with Gasteiger partial charge in [-0.15, -0.1) is 0 Å². The second-order valence-electron chi connectivity index (χ2n) is 2.08. The van der Waals surface area contributed by atoms with Crippen molar-refractivity contribution in [1.29, 1.82) is 0 Å². The van der Waals surface area contributed by atoms with Gasteiger partial charge in [-0.1, -0.05) is 19.1 Å². The zero-order valence-corrected chi connectivity index (χ0v) is 5.62. The summed E-state index contributed by atoms with van der Waals surface area (Å²) >= 11 is 0. The molecule has 0 bridgehead atoms. The molecule has 0 aromatic carbocycles. The average molecular weight is 129 g/mol. The van der Waals surface area contributed by atoms with Gasteiger partial charge in [0.25, 0.3) is 0 Å². The Kier molecular flexibility index (Phi) is 4.36. The molecule has 0 fully saturated rings. The van der Waals surface area contributed by atoms with Crippen molar-refractivity contribution in [2.45, 2.75) is 13.0 Å². The van der Waals surface area contributed by atoms with E-state index in [0.717, 1.165) is 0 Å². The summed E-state index contributed by atoms with van der Waals surface area (Å²) in [5.74, 6) is -0.0944. The van der Waals surface area contributed by atoms with Gasteiger partial charge in [0.05, 0.1) is 6.10 Å². The molecular formula is C7H13O2. The van der Waals surface area contributed by atoms with Crippen LogP contribution in [0.1, 0.15) is 6.92 Å². The summed E-state index contributed by atoms with van der Waals surface area (Å²) in [5.41, 5.74) is 0. The van der Waals surface area contributed by atoms with Crippen molar-refractivity contribution in [2.75, 3.05) is 6.61 Å². The smallest absolute Gasteiger partial charge is 0.0768 e. The van der Waals surface area contributed by atoms with Gasteiger partial charge in [0.2, 0.25) is 0 Å². The summed E-state index contributed by atoms with van der Waals surface area (Å²) in [6.45, 7) is 5.19. The van der Waals surface area contributed by atoms with Crippen molar-refractivity contribution in [1.82, 2.24) is 0 Å². The maximum atomic E-state index is 9.03. The van der Waals surface area contributed by atoms with Gasteiger partial charge < -0.3 is 10.2 Å². The van der Waals surface area contributed by atoms with E-state index in [0.29, 0.717) is 0 Å². The maximum Gasteiger partial charge on any atom is 0.0768 e. The van der Waals surface area contributed by atoms with E-state index in [1.807, 2.05) is 0 Å². The normalized spacial score (nSPS) is 18.2. The minimum Gasteiger partial charge on any atom is -0.396 e. The maximum absolute atomic E-state index is 9.03. The second kappa shape index (κ2) is 4.53. The van der Waals surface area contributed by atoms with Crippen LogP contribution in [-0.2, 0) is 0 Å². The second-order valence-corrected chi connectivity index (χ2v) is 2.08. The first-order valence-corrected chi connectivity index (χ1v) is 2.97. The van der Waals surface area contributed by atoms with Gasteiger partial charge in [0, 0.05) is 12.5 Å². The molecule has 0 amide bonds. The average Bonchev–Trinajstić information content (AvgIpc) is 1.87. The van der Waals surface area contributed by atoms with Crippen LogP contribution in [-0.4, -0.2) is 22.9 Å². The van der Waals surface area contributed by atoms with Crippen LogP contribution in [0.15, 0.2) is 12.2 Å². The van der Waals surface area contributed by atoms with Gasteiger partial charge in [-0.2, -0.15) is 0 Å². The van der Waals surface area contributed by atoms with Crippen LogP contribution in [0.2, 0.25) is 0 Å². The largest absolute Gasteiger partial charge is 0.396 e. The van der Waals surface area contributed by atoms with Crippen molar-refractivity contribution in [2.24, 2.45) is 5.92 Å². The Balaban J connectivity index is 3.58. The molecule has 2 heteroatoms. The molecule has 0 aromatic heterocycles. The standard InChI is InChI=1S/C7H13O2/c1-3-4-7(9)6(2)5-8/h3-4,6-9H,1,5H2,2H3. The van der Waals surface area contributed by atoms with E-state index in [9.17, 15) is 0 Å². The first-order valence-electron chi connectivity index (χ1n) is 2.97. The number of hydrogen-bond donors (Lipinski definition) is 2. The van der Waals surface area contributed by atoms with E-state index >= 15 is 0 Å². The number of allylic oxidation sites excluding steroid dienone is 1. The third-order valence-electron chi connectivity index (χ3n) is 1.20. The summed E-state index contributed by atoms with van der Waals surface area (Å²) in [6, 6.07) is 0. The Bertz CT molecular complexity index is 88.9. The molecule has 0 aliphatic heterocycles. The van der Waals surface area contributed by atoms with Crippen molar-refractivity contribution < 1.29 is 10.2 Å². The van der Waals surface area contributed by atoms with E-state index in [2.05, 4.69) is 6.92 Å². The summed E-state index contributed by atoms with van der Waals surface area (Å²) in [5, 5.41) is 17.5. The topological polar surface area (TPSA) is 40.5 Å². The monoisotopic (exact) mass is 129 g/mol. The highest BCUT2D eigenvalue weighted by Crippen LogP contribution is 2.01. The zero-order valence-electron chi connectivity index (χ0n) is 5.62. The molecule has 2 nitrogen and oxygen atoms in total. The molecule has 53 valence electrons. The molecule has 2 N–H and O–H groups in total. The highest BCUT2D eigenvalue weighted by molar-refractivity contribution is 4.92. The molecule has 0 aliphatic rings. The van der Waals surface area contributed by atoms with E-state index in [1.54, 1.807) is 13.0 Å². The predicted molar refractivity (Wildman–Crippen MR) is 36.8 cm³/mol. The van der Waals surface area contributed by atoms with Crippen LogP contribution in [0.25, 0.3) is 0 Å². The molecule has 0 heterocycles. The van der Waals surface area contributed by atoms with E-state index in [4.69, 9.17) is 10.2 Å². The van der Waals surface area contributed by atoms with Crippen molar-refractivity contribution in [3.8, 4) is 0 Å². The minimum atomic E-state index is -0.563. The molecule has 2 atom stereocenters. The number of hydrogen-bond acceptors (Lipinski definition) is 2. The van der Waals surface area contributed by atoms with Crippen LogP contribution >= 0.6 is 0 Å². The van der Waals surface area contributed by atoms with Crippen LogP contribution in [0.5, 0.6) is 0 Å². The first-order chi connectivity index (χ1) is 4.22. The van der Waals surface area contributed by atoms with Gasteiger partial charge in [-0.25, -0.2) is 0 Å². The molecule has 0 saturated carbocycles. The molecule has 0 aromatic rings. The molecule has 0 saturated heterocycles. The van der Waals surface area contributed by atoms with Gasteiger partial charge in [-0.3, -0.25) is 0 Å². The summed E-state index contributed by atoms with van der Waals surface area (Å²) < 4.78 is 0. The minimum absolute atomic E-state index is 0.00546. The van der Waals surface area contributed by atoms with E-state index < -0.39 is 6.10 Å². The Morgan fingerprint density at radius 2 is 2.22 bits per heavy atom. The Morgan fingerprint density at radius 3 is 2.56 bits per heavy atom. The lowest BCUT2D eigenvalue weighted by Gasteiger charge is -2.10. The number of aliphatic hydroxyl groups excluding tert-OH is 2. The highest BCUT2D eigenvalue weighted by Gasteiger charge is 2.07. The van der Waals surface area contributed by atoms with Crippen molar-refractivity contribution >= 4 is 0 Å². The number of aliphatic hydroxyl groups is 2. The SMILES string of the molecule is [CH2]C=CC(O)C(C)CO. The van der Waals surface area contributed by atoms with E-state index in [1.165, 1.54) is 6.08 Å². The van der Waals surface area contributed by atoms with Crippen LogP contribution in [0, 0.1) is 12.8 Å². The van der Waals surface area contributed by atoms with Crippen LogP contribution in [0.4, 0.5) is 0 Å². The zero-order chi connectivity index (χ0) is 7.28. The lowest BCUT2D eigenvalue weighted by Crippen LogP contribution is -2.17. The summed E-state index contributed by atoms with van der Waals surface area (Å²) in [7, 11) is 0. The third kappa shape index (κ3) is 3.27. The molecule has 1 radical (unpaired) electrons. The highest BCUT2D eigenvalue weighted by atomic mass is 16.3. The number of rotatable bonds is 3. The van der Waals surface area contributed by atoms with Gasteiger partial charge in [-0.05, 0) is 6.92 Å². The fourth-order valence-corrected chi connectivity index (χ4v) is 0.437. The van der Waals surface area contributed by atoms with Crippen molar-refractivity contribution in [3.05, 3.63) is 19.1 Å². The summed E-state index contributed by atoms with van der Waals surface area (Å²) in [6.07, 6.45) is 2.52. The first kappa shape index (κ1) is 8.66. The lowest BCUT2D eigenvalue weighted by atomic mass is 10.1. The van der Waals surface area contributed by atoms with Gasteiger partial charge in [0.1, 0.15) is 0 Å². The van der Waals surface area contributed by atoms with E-state index in [-0.39, 0.29) is 12.5 Å². The molecule has 2 unspecified atom stereocenters. The Labute approximate surface area is 55.8 Å². The predicted octanol–water partition coefficient (Wildman–Crippen LogP) is 0.366. The summed E-state index contributed by atoms with van der Waals surface area (Å²) in [4.78, 5) is 0. The molecule has 0 aliphatic carbocycles. The van der Waals surface area contributed by atoms with Crippen LogP contribution in [0.3, 0.4) is 0 Å². The molecule has 0 spiro atoms. The molecular weight excluding hydrogens is 116 g/mol.